The first-order valence-electron chi connectivity index (χ1n) is 7.56. The van der Waals surface area contributed by atoms with Crippen LogP contribution in [0, 0.1) is 0 Å². The van der Waals surface area contributed by atoms with Crippen LogP contribution in [0.5, 0.6) is 5.75 Å². The SMILES string of the molecule is COc1cccc(C(=O)N2[C@@H](C(=O)[O-])CS[C@H]2c2ccccc2Cl)c1. The highest BCUT2D eigenvalue weighted by molar-refractivity contribution is 7.99. The molecule has 1 heterocycles. The molecule has 2 aromatic carbocycles. The van der Waals surface area contributed by atoms with Crippen molar-refractivity contribution in [1.29, 1.82) is 0 Å². The van der Waals surface area contributed by atoms with Crippen LogP contribution in [0.2, 0.25) is 5.02 Å². The van der Waals surface area contributed by atoms with Crippen molar-refractivity contribution in [2.24, 2.45) is 0 Å². The largest absolute Gasteiger partial charge is 0.548 e. The zero-order valence-electron chi connectivity index (χ0n) is 13.3. The number of hydrogen-bond acceptors (Lipinski definition) is 5. The van der Waals surface area contributed by atoms with Gasteiger partial charge in [0.25, 0.3) is 5.91 Å². The highest BCUT2D eigenvalue weighted by atomic mass is 35.5. The van der Waals surface area contributed by atoms with Crippen LogP contribution in [0.15, 0.2) is 48.5 Å². The van der Waals surface area contributed by atoms with Gasteiger partial charge in [-0.15, -0.1) is 11.8 Å². The van der Waals surface area contributed by atoms with Crippen LogP contribution in [0.3, 0.4) is 0 Å². The lowest BCUT2D eigenvalue weighted by molar-refractivity contribution is -0.310. The minimum Gasteiger partial charge on any atom is -0.548 e. The van der Waals surface area contributed by atoms with E-state index in [-0.39, 0.29) is 5.75 Å². The van der Waals surface area contributed by atoms with Gasteiger partial charge in [-0.2, -0.15) is 0 Å². The highest BCUT2D eigenvalue weighted by Gasteiger charge is 2.40. The van der Waals surface area contributed by atoms with Gasteiger partial charge in [0.2, 0.25) is 0 Å². The number of benzene rings is 2. The number of halogens is 1. The molecule has 1 amide bonds. The quantitative estimate of drug-likeness (QED) is 0.819. The van der Waals surface area contributed by atoms with Gasteiger partial charge in [-0.25, -0.2) is 0 Å². The maximum absolute atomic E-state index is 13.0. The number of methoxy groups -OCH3 is 1. The van der Waals surface area contributed by atoms with Crippen LogP contribution in [-0.2, 0) is 4.79 Å². The topological polar surface area (TPSA) is 69.7 Å². The number of ether oxygens (including phenoxy) is 1. The number of aliphatic carboxylic acids is 1. The first kappa shape index (κ1) is 17.6. The summed E-state index contributed by atoms with van der Waals surface area (Å²) in [6, 6.07) is 12.7. The molecule has 1 aliphatic rings. The zero-order valence-corrected chi connectivity index (χ0v) is 14.9. The van der Waals surface area contributed by atoms with Crippen molar-refractivity contribution >= 4 is 35.2 Å². The summed E-state index contributed by atoms with van der Waals surface area (Å²) < 4.78 is 5.15. The van der Waals surface area contributed by atoms with Gasteiger partial charge in [0.05, 0.1) is 19.1 Å². The molecule has 3 rings (SSSR count). The molecule has 130 valence electrons. The summed E-state index contributed by atoms with van der Waals surface area (Å²) in [5.74, 6) is -0.910. The summed E-state index contributed by atoms with van der Waals surface area (Å²) in [5.41, 5.74) is 1.05. The molecule has 1 saturated heterocycles. The van der Waals surface area contributed by atoms with Crippen LogP contribution in [0.4, 0.5) is 0 Å². The second kappa shape index (κ2) is 7.37. The van der Waals surface area contributed by atoms with Crippen LogP contribution < -0.4 is 9.84 Å². The fourth-order valence-electron chi connectivity index (χ4n) is 2.76. The Bertz CT molecular complexity index is 813. The molecule has 7 heteroatoms. The summed E-state index contributed by atoms with van der Waals surface area (Å²) in [7, 11) is 1.51. The van der Waals surface area contributed by atoms with Crippen molar-refractivity contribution in [3.05, 3.63) is 64.7 Å². The summed E-state index contributed by atoms with van der Waals surface area (Å²) in [5, 5.41) is 11.6. The van der Waals surface area contributed by atoms with E-state index in [0.717, 1.165) is 0 Å². The third-order valence-electron chi connectivity index (χ3n) is 3.99. The normalized spacial score (nSPS) is 19.7. The van der Waals surface area contributed by atoms with Crippen molar-refractivity contribution in [1.82, 2.24) is 4.90 Å². The van der Waals surface area contributed by atoms with E-state index in [1.165, 1.54) is 23.8 Å². The minimum atomic E-state index is -1.28. The molecule has 0 aromatic heterocycles. The van der Waals surface area contributed by atoms with Crippen LogP contribution >= 0.6 is 23.4 Å². The highest BCUT2D eigenvalue weighted by Crippen LogP contribution is 2.44. The van der Waals surface area contributed by atoms with E-state index in [4.69, 9.17) is 16.3 Å². The lowest BCUT2D eigenvalue weighted by Gasteiger charge is -2.30. The number of amides is 1. The van der Waals surface area contributed by atoms with Crippen LogP contribution in [0.25, 0.3) is 0 Å². The van der Waals surface area contributed by atoms with Gasteiger partial charge in [0, 0.05) is 21.9 Å². The third kappa shape index (κ3) is 3.45. The lowest BCUT2D eigenvalue weighted by Crippen LogP contribution is -2.49. The molecule has 0 bridgehead atoms. The zero-order chi connectivity index (χ0) is 18.0. The first-order chi connectivity index (χ1) is 12.0. The Labute approximate surface area is 154 Å². The molecule has 5 nitrogen and oxygen atoms in total. The number of thioether (sulfide) groups is 1. The molecule has 2 atom stereocenters. The monoisotopic (exact) mass is 376 g/mol. The predicted octanol–water partition coefficient (Wildman–Crippen LogP) is 2.35. The molecular weight excluding hydrogens is 362 g/mol. The lowest BCUT2D eigenvalue weighted by atomic mass is 10.1. The molecule has 0 N–H and O–H groups in total. The van der Waals surface area contributed by atoms with E-state index in [1.54, 1.807) is 42.5 Å². The molecule has 1 aliphatic heterocycles. The van der Waals surface area contributed by atoms with Gasteiger partial charge in [-0.3, -0.25) is 4.79 Å². The second-order valence-corrected chi connectivity index (χ2v) is 7.01. The van der Waals surface area contributed by atoms with E-state index in [1.807, 2.05) is 6.07 Å². The van der Waals surface area contributed by atoms with Gasteiger partial charge in [-0.1, -0.05) is 35.9 Å². The average Bonchev–Trinajstić information content (AvgIpc) is 3.06. The van der Waals surface area contributed by atoms with E-state index in [2.05, 4.69) is 0 Å². The van der Waals surface area contributed by atoms with Crippen molar-refractivity contribution in [2.45, 2.75) is 11.4 Å². The first-order valence-corrected chi connectivity index (χ1v) is 8.99. The van der Waals surface area contributed by atoms with E-state index in [0.29, 0.717) is 21.9 Å². The Hall–Kier alpha value is -2.18. The van der Waals surface area contributed by atoms with Crippen molar-refractivity contribution in [3.8, 4) is 5.75 Å². The maximum Gasteiger partial charge on any atom is 0.255 e. The number of carboxylic acid groups (broad SMARTS) is 1. The standard InChI is InChI=1S/C18H16ClNO4S/c1-24-12-6-4-5-11(9-12)16(21)20-15(18(22)23)10-25-17(20)13-7-2-3-8-14(13)19/h2-9,15,17H,10H2,1H3,(H,22,23)/p-1/t15-,17+/m1/s1. The fourth-order valence-corrected chi connectivity index (χ4v) is 4.51. The van der Waals surface area contributed by atoms with E-state index < -0.39 is 23.3 Å². The van der Waals surface area contributed by atoms with Gasteiger partial charge in [0.15, 0.2) is 0 Å². The second-order valence-electron chi connectivity index (χ2n) is 5.49. The molecule has 0 saturated carbocycles. The Morgan fingerprint density at radius 1 is 1.24 bits per heavy atom. The molecule has 0 radical (unpaired) electrons. The predicted molar refractivity (Wildman–Crippen MR) is 94.6 cm³/mol. The molecule has 25 heavy (non-hydrogen) atoms. The van der Waals surface area contributed by atoms with Crippen molar-refractivity contribution < 1.29 is 19.4 Å². The number of rotatable bonds is 4. The number of nitrogens with zero attached hydrogens (tertiary/aromatic N) is 1. The van der Waals surface area contributed by atoms with E-state index >= 15 is 0 Å². The molecule has 0 spiro atoms. The number of hydrogen-bond donors (Lipinski definition) is 0. The average molecular weight is 377 g/mol. The maximum atomic E-state index is 13.0. The van der Waals surface area contributed by atoms with E-state index in [9.17, 15) is 14.7 Å². The number of carbonyl (C=O) groups is 2. The third-order valence-corrected chi connectivity index (χ3v) is 5.64. The molecule has 1 fully saturated rings. The Morgan fingerprint density at radius 3 is 2.68 bits per heavy atom. The number of carboxylic acids is 1. The minimum absolute atomic E-state index is 0.244. The molecular formula is C18H15ClNO4S-. The molecule has 2 aromatic rings. The van der Waals surface area contributed by atoms with Gasteiger partial charge in [0.1, 0.15) is 11.1 Å². The summed E-state index contributed by atoms with van der Waals surface area (Å²) in [4.78, 5) is 25.9. The smallest absolute Gasteiger partial charge is 0.255 e. The molecule has 0 aliphatic carbocycles. The summed E-state index contributed by atoms with van der Waals surface area (Å²) >= 11 is 7.62. The van der Waals surface area contributed by atoms with Gasteiger partial charge >= 0.3 is 0 Å². The van der Waals surface area contributed by atoms with Crippen LogP contribution in [-0.4, -0.2) is 35.7 Å². The Morgan fingerprint density at radius 2 is 2.00 bits per heavy atom. The Kier molecular flexibility index (Phi) is 5.20. The fraction of sp³-hybridized carbons (Fsp3) is 0.222. The number of carbonyl (C=O) groups excluding carboxylic acids is 2. The Balaban J connectivity index is 2.01. The summed E-state index contributed by atoms with van der Waals surface area (Å²) in [6.45, 7) is 0. The van der Waals surface area contributed by atoms with Crippen molar-refractivity contribution in [3.63, 3.8) is 0 Å². The van der Waals surface area contributed by atoms with Gasteiger partial charge < -0.3 is 19.5 Å². The molecule has 0 unspecified atom stereocenters. The van der Waals surface area contributed by atoms with Gasteiger partial charge in [-0.05, 0) is 24.3 Å². The summed E-state index contributed by atoms with van der Waals surface area (Å²) in [6.07, 6.45) is 0. The van der Waals surface area contributed by atoms with Crippen LogP contribution in [0.1, 0.15) is 21.3 Å². The van der Waals surface area contributed by atoms with Crippen molar-refractivity contribution in [2.75, 3.05) is 12.9 Å².